The first kappa shape index (κ1) is 13.1. The Morgan fingerprint density at radius 1 is 1.41 bits per heavy atom. The predicted molar refractivity (Wildman–Crippen MR) is 75.8 cm³/mol. The van der Waals surface area contributed by atoms with Crippen LogP contribution < -0.4 is 5.73 Å². The van der Waals surface area contributed by atoms with E-state index in [1.165, 1.54) is 42.4 Å². The highest BCUT2D eigenvalue weighted by Gasteiger charge is 2.19. The summed E-state index contributed by atoms with van der Waals surface area (Å²) < 4.78 is 1.17. The fourth-order valence-corrected chi connectivity index (χ4v) is 3.11. The van der Waals surface area contributed by atoms with E-state index in [9.17, 15) is 0 Å². The number of hydrogen-bond acceptors (Lipinski definition) is 2. The van der Waals surface area contributed by atoms with Crippen LogP contribution in [0.2, 0.25) is 0 Å². The number of likely N-dealkylation sites (tertiary alicyclic amines) is 1. The fraction of sp³-hybridized carbons (Fsp3) is 0.571. The molecule has 1 aromatic rings. The summed E-state index contributed by atoms with van der Waals surface area (Å²) in [7, 11) is 0. The molecule has 1 aliphatic heterocycles. The van der Waals surface area contributed by atoms with Gasteiger partial charge in [0.2, 0.25) is 0 Å². The second kappa shape index (κ2) is 6.53. The molecule has 1 aliphatic rings. The van der Waals surface area contributed by atoms with Crippen molar-refractivity contribution in [2.24, 2.45) is 11.7 Å². The van der Waals surface area contributed by atoms with Crippen molar-refractivity contribution >= 4 is 15.9 Å². The van der Waals surface area contributed by atoms with Gasteiger partial charge in [-0.15, -0.1) is 0 Å². The Kier molecular flexibility index (Phi) is 5.01. The molecule has 1 atom stereocenters. The van der Waals surface area contributed by atoms with Gasteiger partial charge in [0.25, 0.3) is 0 Å². The highest BCUT2D eigenvalue weighted by Crippen LogP contribution is 2.21. The van der Waals surface area contributed by atoms with Crippen molar-refractivity contribution in [2.45, 2.75) is 25.8 Å². The lowest BCUT2D eigenvalue weighted by molar-refractivity contribution is 0.163. The van der Waals surface area contributed by atoms with E-state index in [1.807, 2.05) is 0 Å². The zero-order valence-corrected chi connectivity index (χ0v) is 11.8. The van der Waals surface area contributed by atoms with E-state index in [-0.39, 0.29) is 0 Å². The van der Waals surface area contributed by atoms with Gasteiger partial charge in [0.1, 0.15) is 0 Å². The standard InChI is InChI=1S/C14H21BrN2/c15-14-5-1-3-13(9-14)11-17-8-2-4-12(10-17)6-7-16/h1,3,5,9,12H,2,4,6-8,10-11,16H2. The molecule has 2 N–H and O–H groups in total. The van der Waals surface area contributed by atoms with E-state index < -0.39 is 0 Å². The molecule has 1 unspecified atom stereocenters. The number of halogens is 1. The molecule has 17 heavy (non-hydrogen) atoms. The minimum absolute atomic E-state index is 0.806. The van der Waals surface area contributed by atoms with Crippen molar-refractivity contribution < 1.29 is 0 Å². The maximum atomic E-state index is 5.65. The number of benzene rings is 1. The normalized spacial score (nSPS) is 21.6. The van der Waals surface area contributed by atoms with Gasteiger partial charge in [0.15, 0.2) is 0 Å². The van der Waals surface area contributed by atoms with Gasteiger partial charge in [0.05, 0.1) is 0 Å². The second-order valence-electron chi connectivity index (χ2n) is 4.95. The quantitative estimate of drug-likeness (QED) is 0.925. The molecule has 2 rings (SSSR count). The van der Waals surface area contributed by atoms with Crippen LogP contribution in [0.1, 0.15) is 24.8 Å². The average molecular weight is 297 g/mol. The summed E-state index contributed by atoms with van der Waals surface area (Å²) in [6.07, 6.45) is 3.85. The molecule has 0 amide bonds. The number of nitrogens with zero attached hydrogens (tertiary/aromatic N) is 1. The SMILES string of the molecule is NCCC1CCCN(Cc2cccc(Br)c2)C1. The summed E-state index contributed by atoms with van der Waals surface area (Å²) in [4.78, 5) is 2.56. The van der Waals surface area contributed by atoms with Crippen LogP contribution in [0.4, 0.5) is 0 Å². The van der Waals surface area contributed by atoms with Crippen molar-refractivity contribution in [3.8, 4) is 0 Å². The highest BCUT2D eigenvalue weighted by atomic mass is 79.9. The molecule has 1 fully saturated rings. The van der Waals surface area contributed by atoms with Gasteiger partial charge >= 0.3 is 0 Å². The van der Waals surface area contributed by atoms with Gasteiger partial charge in [-0.1, -0.05) is 28.1 Å². The summed E-state index contributed by atoms with van der Waals surface area (Å²) >= 11 is 3.53. The molecule has 2 nitrogen and oxygen atoms in total. The molecular formula is C14H21BrN2. The molecule has 1 heterocycles. The third kappa shape index (κ3) is 4.09. The largest absolute Gasteiger partial charge is 0.330 e. The lowest BCUT2D eigenvalue weighted by Crippen LogP contribution is -2.35. The van der Waals surface area contributed by atoms with Gasteiger partial charge in [-0.25, -0.2) is 0 Å². The Balaban J connectivity index is 1.90. The Morgan fingerprint density at radius 3 is 3.06 bits per heavy atom. The first-order chi connectivity index (χ1) is 8.28. The molecule has 0 radical (unpaired) electrons. The molecule has 1 saturated heterocycles. The molecular weight excluding hydrogens is 276 g/mol. The molecule has 94 valence electrons. The second-order valence-corrected chi connectivity index (χ2v) is 5.87. The van der Waals surface area contributed by atoms with Crippen LogP contribution in [0, 0.1) is 5.92 Å². The molecule has 1 aromatic carbocycles. The Morgan fingerprint density at radius 2 is 2.29 bits per heavy atom. The Labute approximate surface area is 112 Å². The first-order valence-electron chi connectivity index (χ1n) is 6.45. The average Bonchev–Trinajstić information content (AvgIpc) is 2.30. The van der Waals surface area contributed by atoms with Gasteiger partial charge in [-0.2, -0.15) is 0 Å². The van der Waals surface area contributed by atoms with Crippen molar-refractivity contribution in [1.29, 1.82) is 0 Å². The number of nitrogens with two attached hydrogens (primary N) is 1. The van der Waals surface area contributed by atoms with Gasteiger partial charge < -0.3 is 5.73 Å². The van der Waals surface area contributed by atoms with Crippen LogP contribution in [-0.4, -0.2) is 24.5 Å². The zero-order valence-electron chi connectivity index (χ0n) is 10.2. The molecule has 0 aliphatic carbocycles. The summed E-state index contributed by atoms with van der Waals surface area (Å²) in [5.41, 5.74) is 7.05. The maximum Gasteiger partial charge on any atom is 0.0234 e. The summed E-state index contributed by atoms with van der Waals surface area (Å²) in [6.45, 7) is 4.34. The van der Waals surface area contributed by atoms with E-state index in [1.54, 1.807) is 0 Å². The molecule has 0 saturated carbocycles. The van der Waals surface area contributed by atoms with Crippen molar-refractivity contribution in [1.82, 2.24) is 4.90 Å². The first-order valence-corrected chi connectivity index (χ1v) is 7.24. The van der Waals surface area contributed by atoms with Crippen LogP contribution in [0.25, 0.3) is 0 Å². The zero-order chi connectivity index (χ0) is 12.1. The monoisotopic (exact) mass is 296 g/mol. The van der Waals surface area contributed by atoms with Crippen molar-refractivity contribution in [3.05, 3.63) is 34.3 Å². The van der Waals surface area contributed by atoms with Crippen LogP contribution in [-0.2, 0) is 6.54 Å². The topological polar surface area (TPSA) is 29.3 Å². The van der Waals surface area contributed by atoms with E-state index in [4.69, 9.17) is 5.73 Å². The van der Waals surface area contributed by atoms with Gasteiger partial charge in [0, 0.05) is 17.6 Å². The van der Waals surface area contributed by atoms with E-state index in [2.05, 4.69) is 45.1 Å². The summed E-state index contributed by atoms with van der Waals surface area (Å²) in [5, 5.41) is 0. The van der Waals surface area contributed by atoms with Crippen molar-refractivity contribution in [3.63, 3.8) is 0 Å². The molecule has 0 aromatic heterocycles. The summed E-state index contributed by atoms with van der Waals surface area (Å²) in [5.74, 6) is 0.806. The van der Waals surface area contributed by atoms with Crippen LogP contribution in [0.5, 0.6) is 0 Å². The van der Waals surface area contributed by atoms with E-state index in [0.29, 0.717) is 0 Å². The van der Waals surface area contributed by atoms with E-state index in [0.717, 1.165) is 19.0 Å². The number of rotatable bonds is 4. The predicted octanol–water partition coefficient (Wildman–Crippen LogP) is 3.01. The minimum atomic E-state index is 0.806. The number of piperidine rings is 1. The van der Waals surface area contributed by atoms with Crippen LogP contribution >= 0.6 is 15.9 Å². The molecule has 0 bridgehead atoms. The number of hydrogen-bond donors (Lipinski definition) is 1. The highest BCUT2D eigenvalue weighted by molar-refractivity contribution is 9.10. The van der Waals surface area contributed by atoms with Gasteiger partial charge in [-0.05, 0) is 56.0 Å². The third-order valence-corrected chi connectivity index (χ3v) is 3.97. The minimum Gasteiger partial charge on any atom is -0.330 e. The summed E-state index contributed by atoms with van der Waals surface area (Å²) in [6, 6.07) is 8.61. The third-order valence-electron chi connectivity index (χ3n) is 3.47. The smallest absolute Gasteiger partial charge is 0.0234 e. The van der Waals surface area contributed by atoms with Crippen LogP contribution in [0.15, 0.2) is 28.7 Å². The van der Waals surface area contributed by atoms with E-state index >= 15 is 0 Å². The van der Waals surface area contributed by atoms with Crippen LogP contribution in [0.3, 0.4) is 0 Å². The lowest BCUT2D eigenvalue weighted by atomic mass is 9.94. The Hall–Kier alpha value is -0.380. The lowest BCUT2D eigenvalue weighted by Gasteiger charge is -2.32. The van der Waals surface area contributed by atoms with Crippen molar-refractivity contribution in [2.75, 3.05) is 19.6 Å². The van der Waals surface area contributed by atoms with Gasteiger partial charge in [-0.3, -0.25) is 4.90 Å². The fourth-order valence-electron chi connectivity index (χ4n) is 2.66. The maximum absolute atomic E-state index is 5.65. The molecule has 0 spiro atoms. The molecule has 3 heteroatoms. The Bertz CT molecular complexity index is 352.